The van der Waals surface area contributed by atoms with Gasteiger partial charge in [0.2, 0.25) is 5.91 Å². The number of carbonyl (C=O) groups excluding carboxylic acids is 1. The molecule has 4 nitrogen and oxygen atoms in total. The number of nitrogens with one attached hydrogen (secondary N) is 1. The average molecular weight is 446 g/mol. The number of pyridine rings is 1. The van der Waals surface area contributed by atoms with E-state index in [4.69, 9.17) is 0 Å². The SMILES string of the molecule is CC(=O)N1CCC(Nc2ccc3cc(Br)c(F)cc3n2)c2ccc(F)cc2C1. The van der Waals surface area contributed by atoms with Gasteiger partial charge in [0.15, 0.2) is 0 Å². The van der Waals surface area contributed by atoms with Gasteiger partial charge in [0.25, 0.3) is 0 Å². The topological polar surface area (TPSA) is 45.2 Å². The molecular weight excluding hydrogens is 428 g/mol. The van der Waals surface area contributed by atoms with E-state index in [0.29, 0.717) is 35.3 Å². The molecule has 28 heavy (non-hydrogen) atoms. The number of hydrogen-bond acceptors (Lipinski definition) is 3. The maximum atomic E-state index is 13.9. The van der Waals surface area contributed by atoms with Crippen molar-refractivity contribution in [3.63, 3.8) is 0 Å². The van der Waals surface area contributed by atoms with Crippen molar-refractivity contribution < 1.29 is 13.6 Å². The molecule has 1 amide bonds. The number of hydrogen-bond donors (Lipinski definition) is 1. The van der Waals surface area contributed by atoms with Gasteiger partial charge in [-0.2, -0.15) is 0 Å². The lowest BCUT2D eigenvalue weighted by Gasteiger charge is -2.20. The number of benzene rings is 2. The first kappa shape index (κ1) is 18.8. The third-order valence-electron chi connectivity index (χ3n) is 5.03. The molecule has 0 spiro atoms. The van der Waals surface area contributed by atoms with E-state index in [9.17, 15) is 13.6 Å². The van der Waals surface area contributed by atoms with Crippen molar-refractivity contribution in [1.29, 1.82) is 0 Å². The molecule has 4 rings (SSSR count). The lowest BCUT2D eigenvalue weighted by atomic mass is 9.99. The average Bonchev–Trinajstić information content (AvgIpc) is 2.82. The Morgan fingerprint density at radius 3 is 2.82 bits per heavy atom. The summed E-state index contributed by atoms with van der Waals surface area (Å²) in [6, 6.07) is 11.3. The Kier molecular flexibility index (Phi) is 5.02. The summed E-state index contributed by atoms with van der Waals surface area (Å²) in [6.07, 6.45) is 0.659. The monoisotopic (exact) mass is 445 g/mol. The van der Waals surface area contributed by atoms with E-state index in [1.165, 1.54) is 25.1 Å². The molecule has 1 unspecified atom stereocenters. The summed E-state index contributed by atoms with van der Waals surface area (Å²) in [6.45, 7) is 2.45. The molecule has 7 heteroatoms. The minimum absolute atomic E-state index is 0.0410. The van der Waals surface area contributed by atoms with E-state index in [0.717, 1.165) is 16.5 Å². The molecule has 3 aromatic rings. The van der Waals surface area contributed by atoms with Gasteiger partial charge in [-0.1, -0.05) is 6.07 Å². The van der Waals surface area contributed by atoms with Gasteiger partial charge in [0.1, 0.15) is 17.5 Å². The van der Waals surface area contributed by atoms with Gasteiger partial charge < -0.3 is 10.2 Å². The molecule has 0 saturated carbocycles. The first-order chi connectivity index (χ1) is 13.4. The fourth-order valence-corrected chi connectivity index (χ4v) is 3.93. The molecule has 144 valence electrons. The van der Waals surface area contributed by atoms with Crippen LogP contribution in [0.5, 0.6) is 0 Å². The molecule has 1 aliphatic rings. The van der Waals surface area contributed by atoms with Crippen molar-refractivity contribution in [3.05, 3.63) is 69.7 Å². The third-order valence-corrected chi connectivity index (χ3v) is 5.64. The van der Waals surface area contributed by atoms with E-state index in [2.05, 4.69) is 26.2 Å². The number of rotatable bonds is 2. The fraction of sp³-hybridized carbons (Fsp3) is 0.238. The molecule has 2 aromatic carbocycles. The number of halogens is 3. The molecule has 1 aromatic heterocycles. The van der Waals surface area contributed by atoms with Crippen molar-refractivity contribution >= 4 is 38.6 Å². The van der Waals surface area contributed by atoms with Crippen LogP contribution in [0.25, 0.3) is 10.9 Å². The second-order valence-electron chi connectivity index (χ2n) is 6.92. The highest BCUT2D eigenvalue weighted by molar-refractivity contribution is 9.10. The van der Waals surface area contributed by atoms with Crippen molar-refractivity contribution in [2.45, 2.75) is 25.9 Å². The normalized spacial score (nSPS) is 16.6. The quantitative estimate of drug-likeness (QED) is 0.590. The number of nitrogens with zero attached hydrogens (tertiary/aromatic N) is 2. The Morgan fingerprint density at radius 2 is 2.04 bits per heavy atom. The Bertz CT molecular complexity index is 1070. The molecule has 1 aliphatic heterocycles. The summed E-state index contributed by atoms with van der Waals surface area (Å²) >= 11 is 3.18. The third kappa shape index (κ3) is 3.71. The molecule has 0 aliphatic carbocycles. The summed E-state index contributed by atoms with van der Waals surface area (Å²) in [4.78, 5) is 18.1. The minimum Gasteiger partial charge on any atom is -0.363 e. The van der Waals surface area contributed by atoms with Crippen LogP contribution in [-0.2, 0) is 11.3 Å². The van der Waals surface area contributed by atoms with Crippen LogP contribution in [0.4, 0.5) is 14.6 Å². The Morgan fingerprint density at radius 1 is 1.21 bits per heavy atom. The van der Waals surface area contributed by atoms with Gasteiger partial charge in [0.05, 0.1) is 16.0 Å². The first-order valence-corrected chi connectivity index (χ1v) is 9.76. The van der Waals surface area contributed by atoms with E-state index in [1.54, 1.807) is 17.0 Å². The van der Waals surface area contributed by atoms with Crippen LogP contribution in [0.15, 0.2) is 46.9 Å². The van der Waals surface area contributed by atoms with Gasteiger partial charge in [-0.25, -0.2) is 13.8 Å². The molecule has 0 saturated heterocycles. The molecular formula is C21H18BrF2N3O. The number of aromatic nitrogens is 1. The number of anilines is 1. The largest absolute Gasteiger partial charge is 0.363 e. The van der Waals surface area contributed by atoms with E-state index < -0.39 is 0 Å². The van der Waals surface area contributed by atoms with Gasteiger partial charge in [-0.05, 0) is 63.8 Å². The highest BCUT2D eigenvalue weighted by Crippen LogP contribution is 2.31. The Labute approximate surface area is 169 Å². The molecule has 2 heterocycles. The van der Waals surface area contributed by atoms with Crippen LogP contribution in [0.1, 0.15) is 30.5 Å². The highest BCUT2D eigenvalue weighted by Gasteiger charge is 2.24. The molecule has 1 atom stereocenters. The maximum Gasteiger partial charge on any atom is 0.219 e. The molecule has 0 radical (unpaired) electrons. The first-order valence-electron chi connectivity index (χ1n) is 8.97. The molecule has 1 N–H and O–H groups in total. The van der Waals surface area contributed by atoms with Gasteiger partial charge >= 0.3 is 0 Å². The fourth-order valence-electron chi connectivity index (χ4n) is 3.57. The lowest BCUT2D eigenvalue weighted by molar-refractivity contribution is -0.129. The van der Waals surface area contributed by atoms with Crippen LogP contribution in [-0.4, -0.2) is 22.3 Å². The zero-order valence-corrected chi connectivity index (χ0v) is 16.8. The van der Waals surface area contributed by atoms with Crippen LogP contribution in [0.2, 0.25) is 0 Å². The van der Waals surface area contributed by atoms with Gasteiger partial charge in [0, 0.05) is 31.5 Å². The summed E-state index contributed by atoms with van der Waals surface area (Å²) in [7, 11) is 0. The number of amides is 1. The van der Waals surface area contributed by atoms with E-state index in [1.807, 2.05) is 12.1 Å². The predicted molar refractivity (Wildman–Crippen MR) is 108 cm³/mol. The van der Waals surface area contributed by atoms with Crippen LogP contribution >= 0.6 is 15.9 Å². The minimum atomic E-state index is -0.371. The van der Waals surface area contributed by atoms with Crippen molar-refractivity contribution in [2.75, 3.05) is 11.9 Å². The predicted octanol–water partition coefficient (Wildman–Crippen LogP) is 5.18. The summed E-state index contributed by atoms with van der Waals surface area (Å²) < 4.78 is 28.0. The highest BCUT2D eigenvalue weighted by atomic mass is 79.9. The maximum absolute atomic E-state index is 13.9. The second kappa shape index (κ2) is 7.47. The van der Waals surface area contributed by atoms with Crippen LogP contribution < -0.4 is 5.32 Å². The summed E-state index contributed by atoms with van der Waals surface area (Å²) in [5.41, 5.74) is 2.26. The molecule has 0 bridgehead atoms. The summed E-state index contributed by atoms with van der Waals surface area (Å²) in [5.74, 6) is -0.135. The molecule has 0 fully saturated rings. The smallest absolute Gasteiger partial charge is 0.219 e. The van der Waals surface area contributed by atoms with Crippen LogP contribution in [0, 0.1) is 11.6 Å². The van der Waals surface area contributed by atoms with Gasteiger partial charge in [-0.15, -0.1) is 0 Å². The Hall–Kier alpha value is -2.54. The summed E-state index contributed by atoms with van der Waals surface area (Å²) in [5, 5.41) is 4.20. The zero-order valence-electron chi connectivity index (χ0n) is 15.2. The zero-order chi connectivity index (χ0) is 19.8. The Balaban J connectivity index is 1.68. The van der Waals surface area contributed by atoms with Crippen molar-refractivity contribution in [1.82, 2.24) is 9.88 Å². The van der Waals surface area contributed by atoms with E-state index in [-0.39, 0.29) is 23.6 Å². The van der Waals surface area contributed by atoms with Crippen molar-refractivity contribution in [2.24, 2.45) is 0 Å². The number of fused-ring (bicyclic) bond motifs is 2. The van der Waals surface area contributed by atoms with E-state index >= 15 is 0 Å². The number of carbonyl (C=O) groups is 1. The van der Waals surface area contributed by atoms with Crippen LogP contribution in [0.3, 0.4) is 0 Å². The lowest BCUT2D eigenvalue weighted by Crippen LogP contribution is -2.28. The second-order valence-corrected chi connectivity index (χ2v) is 7.78. The standard InChI is InChI=1S/C21H18BrF2N3O/c1-12(28)27-7-6-19(16-4-3-15(23)8-14(16)11-27)25-21-5-2-13-9-17(22)18(24)10-20(13)26-21/h2-5,8-10,19H,6-7,11H2,1H3,(H,25,26). The van der Waals surface area contributed by atoms with Gasteiger partial charge in [-0.3, -0.25) is 4.79 Å². The van der Waals surface area contributed by atoms with Crippen molar-refractivity contribution in [3.8, 4) is 0 Å².